The number of likely N-dealkylation sites (tertiary alicyclic amines) is 1. The van der Waals surface area contributed by atoms with Crippen LogP contribution >= 0.6 is 11.3 Å². The van der Waals surface area contributed by atoms with E-state index in [2.05, 4.69) is 20.3 Å². The third-order valence-electron chi connectivity index (χ3n) is 4.01. The predicted molar refractivity (Wildman–Crippen MR) is 93.3 cm³/mol. The Balaban J connectivity index is 1.52. The first-order valence-electron chi connectivity index (χ1n) is 8.12. The molecule has 1 atom stereocenters. The van der Waals surface area contributed by atoms with E-state index in [0.717, 1.165) is 30.1 Å². The second-order valence-corrected chi connectivity index (χ2v) is 6.83. The molecule has 0 saturated carbocycles. The monoisotopic (exact) mass is 360 g/mol. The molecule has 3 N–H and O–H groups in total. The van der Waals surface area contributed by atoms with Crippen molar-refractivity contribution in [2.24, 2.45) is 11.7 Å². The third kappa shape index (κ3) is 4.80. The lowest BCUT2D eigenvalue weighted by atomic mass is 9.97. The van der Waals surface area contributed by atoms with Gasteiger partial charge in [0.2, 0.25) is 11.8 Å². The highest BCUT2D eigenvalue weighted by Gasteiger charge is 2.26. The molecule has 1 aliphatic heterocycles. The molecule has 3 heterocycles. The maximum Gasteiger partial charge on any atom is 0.231 e. The normalized spacial score (nSPS) is 18.0. The van der Waals surface area contributed by atoms with Crippen molar-refractivity contribution in [2.75, 3.05) is 19.6 Å². The van der Waals surface area contributed by atoms with E-state index in [1.54, 1.807) is 18.5 Å². The Hall–Kier alpha value is -2.39. The molecule has 1 fully saturated rings. The van der Waals surface area contributed by atoms with Crippen molar-refractivity contribution in [3.8, 4) is 10.8 Å². The van der Waals surface area contributed by atoms with Crippen LogP contribution in [0.4, 0.5) is 0 Å². The fraction of sp³-hybridized carbons (Fsp3) is 0.438. The number of nitrogens with one attached hydrogen (secondary N) is 1. The summed E-state index contributed by atoms with van der Waals surface area (Å²) in [6.07, 6.45) is 5.05. The molecular weight excluding hydrogens is 340 g/mol. The molecule has 132 valence electrons. The molecule has 9 heteroatoms. The summed E-state index contributed by atoms with van der Waals surface area (Å²) >= 11 is 1.45. The van der Waals surface area contributed by atoms with Crippen LogP contribution in [0.1, 0.15) is 18.5 Å². The van der Waals surface area contributed by atoms with Crippen LogP contribution in [0.2, 0.25) is 0 Å². The lowest BCUT2D eigenvalue weighted by molar-refractivity contribution is -0.128. The fourth-order valence-corrected chi connectivity index (χ4v) is 3.62. The Morgan fingerprint density at radius 3 is 2.92 bits per heavy atom. The molecule has 0 bridgehead atoms. The molecule has 1 saturated heterocycles. The molecule has 0 aromatic carbocycles. The van der Waals surface area contributed by atoms with Gasteiger partial charge in [0, 0.05) is 24.3 Å². The van der Waals surface area contributed by atoms with E-state index >= 15 is 0 Å². The average Bonchev–Trinajstić information content (AvgIpc) is 3.09. The first-order valence-corrected chi connectivity index (χ1v) is 9.00. The van der Waals surface area contributed by atoms with Gasteiger partial charge in [0.1, 0.15) is 0 Å². The van der Waals surface area contributed by atoms with Crippen molar-refractivity contribution in [1.82, 2.24) is 25.2 Å². The predicted octanol–water partition coefficient (Wildman–Crippen LogP) is 0.414. The number of hydrogen-bond acceptors (Lipinski definition) is 7. The molecule has 2 amide bonds. The largest absolute Gasteiger partial charge is 0.369 e. The summed E-state index contributed by atoms with van der Waals surface area (Å²) in [6.45, 7) is 1.94. The Morgan fingerprint density at radius 2 is 2.16 bits per heavy atom. The van der Waals surface area contributed by atoms with Crippen molar-refractivity contribution in [3.05, 3.63) is 29.5 Å². The van der Waals surface area contributed by atoms with Crippen LogP contribution in [-0.4, -0.2) is 51.3 Å². The number of aromatic nitrogens is 3. The van der Waals surface area contributed by atoms with E-state index in [9.17, 15) is 9.59 Å². The molecule has 1 aliphatic rings. The van der Waals surface area contributed by atoms with Crippen molar-refractivity contribution < 1.29 is 9.59 Å². The summed E-state index contributed by atoms with van der Waals surface area (Å²) < 4.78 is 0. The number of primary amides is 1. The summed E-state index contributed by atoms with van der Waals surface area (Å²) in [5.74, 6) is 0.0852. The number of nitrogens with two attached hydrogens (primary N) is 1. The van der Waals surface area contributed by atoms with Gasteiger partial charge in [-0.25, -0.2) is 15.0 Å². The summed E-state index contributed by atoms with van der Waals surface area (Å²) in [7, 11) is 0. The number of thiazole rings is 1. The number of carbonyl (C=O) groups is 2. The van der Waals surface area contributed by atoms with Crippen LogP contribution in [0.3, 0.4) is 0 Å². The minimum Gasteiger partial charge on any atom is -0.369 e. The van der Waals surface area contributed by atoms with Gasteiger partial charge in [-0.15, -0.1) is 11.3 Å². The second kappa shape index (κ2) is 8.13. The maximum absolute atomic E-state index is 12.4. The molecule has 8 nitrogen and oxygen atoms in total. The van der Waals surface area contributed by atoms with Gasteiger partial charge in [-0.3, -0.25) is 14.5 Å². The van der Waals surface area contributed by atoms with Crippen molar-refractivity contribution in [2.45, 2.75) is 19.4 Å². The van der Waals surface area contributed by atoms with E-state index in [1.165, 1.54) is 11.3 Å². The molecule has 25 heavy (non-hydrogen) atoms. The highest BCUT2D eigenvalue weighted by Crippen LogP contribution is 2.20. The van der Waals surface area contributed by atoms with Gasteiger partial charge in [0.25, 0.3) is 0 Å². The Bertz CT molecular complexity index is 735. The average molecular weight is 360 g/mol. The van der Waals surface area contributed by atoms with Gasteiger partial charge in [-0.2, -0.15) is 0 Å². The SMILES string of the molecule is NC(=O)CN1CCCC(C(=O)NCc2csc(-c3ncccn3)n2)C1. The zero-order valence-electron chi connectivity index (χ0n) is 13.7. The topological polar surface area (TPSA) is 114 Å². The van der Waals surface area contributed by atoms with Crippen LogP contribution in [0.5, 0.6) is 0 Å². The van der Waals surface area contributed by atoms with Crippen molar-refractivity contribution >= 4 is 23.2 Å². The van der Waals surface area contributed by atoms with Crippen LogP contribution in [0.15, 0.2) is 23.8 Å². The smallest absolute Gasteiger partial charge is 0.231 e. The van der Waals surface area contributed by atoms with Crippen molar-refractivity contribution in [1.29, 1.82) is 0 Å². The van der Waals surface area contributed by atoms with Gasteiger partial charge in [-0.05, 0) is 25.5 Å². The number of rotatable bonds is 6. The quantitative estimate of drug-likeness (QED) is 0.771. The number of amides is 2. The first-order chi connectivity index (χ1) is 12.1. The summed E-state index contributed by atoms with van der Waals surface area (Å²) in [4.78, 5) is 38.1. The zero-order valence-corrected chi connectivity index (χ0v) is 14.5. The van der Waals surface area contributed by atoms with Gasteiger partial charge in [-0.1, -0.05) is 0 Å². The molecule has 2 aromatic rings. The third-order valence-corrected chi connectivity index (χ3v) is 4.90. The number of nitrogens with zero attached hydrogens (tertiary/aromatic N) is 4. The van der Waals surface area contributed by atoms with Gasteiger partial charge < -0.3 is 11.1 Å². The minimum atomic E-state index is -0.362. The highest BCUT2D eigenvalue weighted by molar-refractivity contribution is 7.13. The summed E-state index contributed by atoms with van der Waals surface area (Å²) in [5, 5.41) is 5.56. The molecule has 0 aliphatic carbocycles. The van der Waals surface area contributed by atoms with Gasteiger partial charge in [0.15, 0.2) is 10.8 Å². The first kappa shape index (κ1) is 17.4. The minimum absolute atomic E-state index is 0.0142. The molecule has 1 unspecified atom stereocenters. The van der Waals surface area contributed by atoms with Gasteiger partial charge >= 0.3 is 0 Å². The lowest BCUT2D eigenvalue weighted by Crippen LogP contribution is -2.45. The summed E-state index contributed by atoms with van der Waals surface area (Å²) in [5.41, 5.74) is 6.01. The van der Waals surface area contributed by atoms with E-state index in [4.69, 9.17) is 5.73 Å². The Labute approximate surface area is 149 Å². The molecular formula is C16H20N6O2S. The van der Waals surface area contributed by atoms with Crippen LogP contribution in [-0.2, 0) is 16.1 Å². The molecule has 0 radical (unpaired) electrons. The number of carbonyl (C=O) groups excluding carboxylic acids is 2. The Kier molecular flexibility index (Phi) is 5.67. The molecule has 3 rings (SSSR count). The number of piperidine rings is 1. The van der Waals surface area contributed by atoms with E-state index in [-0.39, 0.29) is 24.3 Å². The zero-order chi connectivity index (χ0) is 17.6. The standard InChI is InChI=1S/C16H20N6O2S/c17-13(23)9-22-6-1-3-11(8-22)15(24)20-7-12-10-25-16(21-12)14-18-4-2-5-19-14/h2,4-5,10-11H,1,3,6-9H2,(H2,17,23)(H,20,24). The highest BCUT2D eigenvalue weighted by atomic mass is 32.1. The summed E-state index contributed by atoms with van der Waals surface area (Å²) in [6, 6.07) is 1.75. The number of hydrogen-bond donors (Lipinski definition) is 2. The fourth-order valence-electron chi connectivity index (χ4n) is 2.86. The maximum atomic E-state index is 12.4. The van der Waals surface area contributed by atoms with Crippen molar-refractivity contribution in [3.63, 3.8) is 0 Å². The molecule has 0 spiro atoms. The van der Waals surface area contributed by atoms with E-state index in [0.29, 0.717) is 18.9 Å². The van der Waals surface area contributed by atoms with E-state index < -0.39 is 0 Å². The van der Waals surface area contributed by atoms with Crippen LogP contribution in [0.25, 0.3) is 10.8 Å². The lowest BCUT2D eigenvalue weighted by Gasteiger charge is -2.30. The Morgan fingerprint density at radius 1 is 1.36 bits per heavy atom. The molecule has 2 aromatic heterocycles. The second-order valence-electron chi connectivity index (χ2n) is 5.97. The van der Waals surface area contributed by atoms with Crippen LogP contribution < -0.4 is 11.1 Å². The van der Waals surface area contributed by atoms with E-state index in [1.807, 2.05) is 10.3 Å². The van der Waals surface area contributed by atoms with Crippen LogP contribution in [0, 0.1) is 5.92 Å². The van der Waals surface area contributed by atoms with Gasteiger partial charge in [0.05, 0.1) is 24.7 Å².